The highest BCUT2D eigenvalue weighted by molar-refractivity contribution is 5.92. The number of hydrogen-bond acceptors (Lipinski definition) is 3. The van der Waals surface area contributed by atoms with Crippen molar-refractivity contribution >= 4 is 17.9 Å². The second-order valence-electron chi connectivity index (χ2n) is 7.98. The van der Waals surface area contributed by atoms with Gasteiger partial charge in [-0.3, -0.25) is 9.59 Å². The molecule has 1 aliphatic rings. The van der Waals surface area contributed by atoms with Crippen LogP contribution in [0.4, 0.5) is 0 Å². The van der Waals surface area contributed by atoms with E-state index >= 15 is 0 Å². The fourth-order valence-electron chi connectivity index (χ4n) is 3.81. The molecule has 0 spiro atoms. The van der Waals surface area contributed by atoms with E-state index in [2.05, 4.69) is 22.3 Å². The SMILES string of the molecule is CN(C)[C@@H](CNC(=O)C1CCN(C(=O)/C=C\c2ccccc2)CC1)c1ccccc1. The zero-order chi connectivity index (χ0) is 21.3. The summed E-state index contributed by atoms with van der Waals surface area (Å²) < 4.78 is 0. The fraction of sp³-hybridized carbons (Fsp3) is 0.360. The van der Waals surface area contributed by atoms with E-state index in [0.717, 1.165) is 5.56 Å². The zero-order valence-corrected chi connectivity index (χ0v) is 17.8. The van der Waals surface area contributed by atoms with Crippen LogP contribution in [-0.4, -0.2) is 55.3 Å². The molecule has 1 heterocycles. The molecule has 0 radical (unpaired) electrons. The molecule has 1 atom stereocenters. The van der Waals surface area contributed by atoms with Gasteiger partial charge in [-0.25, -0.2) is 0 Å². The first-order chi connectivity index (χ1) is 14.5. The van der Waals surface area contributed by atoms with Crippen molar-refractivity contribution in [2.75, 3.05) is 33.7 Å². The standard InChI is InChI=1S/C25H31N3O2/c1-27(2)23(21-11-7-4-8-12-21)19-26-25(30)22-15-17-28(18-16-22)24(29)14-13-20-9-5-3-6-10-20/h3-14,22-23H,15-19H2,1-2H3,(H,26,30)/b14-13-/t23-/m0/s1. The van der Waals surface area contributed by atoms with Gasteiger partial charge in [0.05, 0.1) is 6.04 Å². The first-order valence-corrected chi connectivity index (χ1v) is 10.6. The summed E-state index contributed by atoms with van der Waals surface area (Å²) in [4.78, 5) is 29.1. The molecule has 0 aliphatic carbocycles. The van der Waals surface area contributed by atoms with Crippen LogP contribution in [0.15, 0.2) is 66.7 Å². The molecule has 0 saturated carbocycles. The van der Waals surface area contributed by atoms with Crippen molar-refractivity contribution in [3.8, 4) is 0 Å². The summed E-state index contributed by atoms with van der Waals surface area (Å²) in [5.41, 5.74) is 2.20. The number of benzene rings is 2. The van der Waals surface area contributed by atoms with Crippen LogP contribution in [0.5, 0.6) is 0 Å². The lowest BCUT2D eigenvalue weighted by atomic mass is 9.95. The number of nitrogens with zero attached hydrogens (tertiary/aromatic N) is 2. The van der Waals surface area contributed by atoms with E-state index in [9.17, 15) is 9.59 Å². The third-order valence-electron chi connectivity index (χ3n) is 5.67. The number of amides is 2. The Morgan fingerprint density at radius 1 is 1.03 bits per heavy atom. The lowest BCUT2D eigenvalue weighted by Crippen LogP contribution is -2.44. The van der Waals surface area contributed by atoms with E-state index in [0.29, 0.717) is 32.5 Å². The van der Waals surface area contributed by atoms with E-state index in [-0.39, 0.29) is 23.8 Å². The molecule has 2 aromatic rings. The summed E-state index contributed by atoms with van der Waals surface area (Å²) in [6.07, 6.45) is 4.87. The van der Waals surface area contributed by atoms with Crippen molar-refractivity contribution in [3.05, 3.63) is 77.9 Å². The van der Waals surface area contributed by atoms with Crippen molar-refractivity contribution < 1.29 is 9.59 Å². The van der Waals surface area contributed by atoms with Gasteiger partial charge in [0.15, 0.2) is 0 Å². The van der Waals surface area contributed by atoms with Crippen molar-refractivity contribution in [3.63, 3.8) is 0 Å². The van der Waals surface area contributed by atoms with Gasteiger partial charge in [-0.2, -0.15) is 0 Å². The number of likely N-dealkylation sites (tertiary alicyclic amines) is 1. The quantitative estimate of drug-likeness (QED) is 0.719. The Kier molecular flexibility index (Phi) is 7.80. The van der Waals surface area contributed by atoms with Crippen LogP contribution in [0, 0.1) is 5.92 Å². The highest BCUT2D eigenvalue weighted by atomic mass is 16.2. The lowest BCUT2D eigenvalue weighted by Gasteiger charge is -2.31. The number of carbonyl (C=O) groups excluding carboxylic acids is 2. The molecule has 1 saturated heterocycles. The third kappa shape index (κ3) is 6.04. The molecule has 2 aromatic carbocycles. The second kappa shape index (κ2) is 10.7. The highest BCUT2D eigenvalue weighted by Crippen LogP contribution is 2.20. The minimum Gasteiger partial charge on any atom is -0.354 e. The van der Waals surface area contributed by atoms with Gasteiger partial charge in [0, 0.05) is 31.6 Å². The Balaban J connectivity index is 1.46. The number of carbonyl (C=O) groups is 2. The highest BCUT2D eigenvalue weighted by Gasteiger charge is 2.27. The molecule has 158 valence electrons. The molecule has 0 unspecified atom stereocenters. The molecule has 1 N–H and O–H groups in total. The maximum atomic E-state index is 12.7. The average molecular weight is 406 g/mol. The second-order valence-corrected chi connectivity index (χ2v) is 7.98. The van der Waals surface area contributed by atoms with Gasteiger partial charge in [-0.1, -0.05) is 60.7 Å². The summed E-state index contributed by atoms with van der Waals surface area (Å²) in [6.45, 7) is 1.81. The van der Waals surface area contributed by atoms with Crippen LogP contribution in [0.25, 0.3) is 6.08 Å². The monoisotopic (exact) mass is 405 g/mol. The van der Waals surface area contributed by atoms with E-state index in [1.54, 1.807) is 6.08 Å². The van der Waals surface area contributed by atoms with Crippen molar-refractivity contribution in [1.82, 2.24) is 15.1 Å². The van der Waals surface area contributed by atoms with Gasteiger partial charge < -0.3 is 15.1 Å². The molecular weight excluding hydrogens is 374 g/mol. The van der Waals surface area contributed by atoms with Crippen LogP contribution >= 0.6 is 0 Å². The lowest BCUT2D eigenvalue weighted by molar-refractivity contribution is -0.132. The molecule has 0 bridgehead atoms. The number of likely N-dealkylation sites (N-methyl/N-ethyl adjacent to an activating group) is 1. The van der Waals surface area contributed by atoms with E-state index in [4.69, 9.17) is 0 Å². The number of rotatable bonds is 7. The Morgan fingerprint density at radius 2 is 1.63 bits per heavy atom. The van der Waals surface area contributed by atoms with E-state index in [1.165, 1.54) is 5.56 Å². The van der Waals surface area contributed by atoms with Crippen LogP contribution in [0.1, 0.15) is 30.0 Å². The zero-order valence-electron chi connectivity index (χ0n) is 17.8. The normalized spacial score (nSPS) is 16.0. The maximum absolute atomic E-state index is 12.7. The first-order valence-electron chi connectivity index (χ1n) is 10.6. The molecule has 1 fully saturated rings. The van der Waals surface area contributed by atoms with E-state index in [1.807, 2.05) is 73.6 Å². The average Bonchev–Trinajstić information content (AvgIpc) is 2.79. The molecule has 5 nitrogen and oxygen atoms in total. The third-order valence-corrected chi connectivity index (χ3v) is 5.67. The number of piperidine rings is 1. The summed E-state index contributed by atoms with van der Waals surface area (Å²) in [5.74, 6) is 0.0601. The molecule has 30 heavy (non-hydrogen) atoms. The van der Waals surface area contributed by atoms with Gasteiger partial charge in [0.2, 0.25) is 11.8 Å². The topological polar surface area (TPSA) is 52.7 Å². The van der Waals surface area contributed by atoms with Gasteiger partial charge >= 0.3 is 0 Å². The first kappa shape index (κ1) is 21.8. The largest absolute Gasteiger partial charge is 0.354 e. The maximum Gasteiger partial charge on any atom is 0.246 e. The Bertz CT molecular complexity index is 841. The predicted molar refractivity (Wildman–Crippen MR) is 121 cm³/mol. The molecule has 0 aromatic heterocycles. The number of hydrogen-bond donors (Lipinski definition) is 1. The molecule has 1 aliphatic heterocycles. The Morgan fingerprint density at radius 3 is 2.23 bits per heavy atom. The van der Waals surface area contributed by atoms with Gasteiger partial charge in [0.1, 0.15) is 0 Å². The summed E-state index contributed by atoms with van der Waals surface area (Å²) >= 11 is 0. The van der Waals surface area contributed by atoms with Gasteiger partial charge in [0.25, 0.3) is 0 Å². The van der Waals surface area contributed by atoms with Gasteiger partial charge in [-0.15, -0.1) is 0 Å². The smallest absolute Gasteiger partial charge is 0.246 e. The summed E-state index contributed by atoms with van der Waals surface area (Å²) in [7, 11) is 4.05. The van der Waals surface area contributed by atoms with Crippen LogP contribution in [-0.2, 0) is 9.59 Å². The Labute approximate surface area is 179 Å². The van der Waals surface area contributed by atoms with Crippen molar-refractivity contribution in [1.29, 1.82) is 0 Å². The van der Waals surface area contributed by atoms with E-state index < -0.39 is 0 Å². The van der Waals surface area contributed by atoms with Crippen LogP contribution < -0.4 is 5.32 Å². The van der Waals surface area contributed by atoms with Crippen molar-refractivity contribution in [2.45, 2.75) is 18.9 Å². The van der Waals surface area contributed by atoms with Crippen LogP contribution in [0.2, 0.25) is 0 Å². The predicted octanol–water partition coefficient (Wildman–Crippen LogP) is 3.36. The molecule has 5 heteroatoms. The minimum absolute atomic E-state index is 0.00876. The van der Waals surface area contributed by atoms with Crippen LogP contribution in [0.3, 0.4) is 0 Å². The summed E-state index contributed by atoms with van der Waals surface area (Å²) in [5, 5.41) is 3.12. The molecule has 3 rings (SSSR count). The molecular formula is C25H31N3O2. The van der Waals surface area contributed by atoms with Crippen molar-refractivity contribution in [2.24, 2.45) is 5.92 Å². The molecule has 2 amide bonds. The minimum atomic E-state index is -0.0364. The fourth-order valence-corrected chi connectivity index (χ4v) is 3.81. The summed E-state index contributed by atoms with van der Waals surface area (Å²) in [6, 6.07) is 20.1. The number of nitrogens with one attached hydrogen (secondary N) is 1. The van der Waals surface area contributed by atoms with Gasteiger partial charge in [-0.05, 0) is 44.1 Å². The Hall–Kier alpha value is -2.92.